The number of nitrogens with one attached hydrogen (secondary N) is 1. The lowest BCUT2D eigenvalue weighted by Gasteiger charge is -2.07. The van der Waals surface area contributed by atoms with Crippen LogP contribution in [-0.2, 0) is 6.54 Å². The summed E-state index contributed by atoms with van der Waals surface area (Å²) in [6, 6.07) is 1.86. The van der Waals surface area contributed by atoms with Crippen LogP contribution in [0.15, 0.2) is 11.4 Å². The Morgan fingerprint density at radius 3 is 3.00 bits per heavy atom. The van der Waals surface area contributed by atoms with Crippen LogP contribution in [0, 0.1) is 0 Å². The minimum absolute atomic E-state index is 0.349. The number of hydrogen-bond donors (Lipinski definition) is 2. The summed E-state index contributed by atoms with van der Waals surface area (Å²) in [4.78, 5) is 12.0. The fourth-order valence-corrected chi connectivity index (χ4v) is 2.43. The summed E-state index contributed by atoms with van der Waals surface area (Å²) in [5, 5.41) is 5.87. The first-order valence-corrected chi connectivity index (χ1v) is 7.41. The van der Waals surface area contributed by atoms with E-state index in [9.17, 15) is 4.79 Å². The molecular formula is C11H18N2OS2. The zero-order valence-electron chi connectivity index (χ0n) is 9.66. The monoisotopic (exact) mass is 258 g/mol. The molecule has 0 saturated heterocycles. The Balaban J connectivity index is 2.24. The molecule has 3 N–H and O–H groups in total. The summed E-state index contributed by atoms with van der Waals surface area (Å²) in [6.07, 6.45) is 3.29. The van der Waals surface area contributed by atoms with E-state index in [1.54, 1.807) is 11.3 Å². The highest BCUT2D eigenvalue weighted by atomic mass is 32.2. The van der Waals surface area contributed by atoms with Crippen LogP contribution in [0.1, 0.15) is 28.6 Å². The van der Waals surface area contributed by atoms with Crippen molar-refractivity contribution in [3.63, 3.8) is 0 Å². The summed E-state index contributed by atoms with van der Waals surface area (Å²) in [5.41, 5.74) is 5.79. The van der Waals surface area contributed by atoms with Gasteiger partial charge in [0.05, 0.1) is 5.56 Å². The van der Waals surface area contributed by atoms with Gasteiger partial charge in [-0.3, -0.25) is 4.79 Å². The molecule has 0 fully saturated rings. The highest BCUT2D eigenvalue weighted by molar-refractivity contribution is 7.99. The smallest absolute Gasteiger partial charge is 0.249 e. The van der Waals surface area contributed by atoms with Crippen LogP contribution in [0.3, 0.4) is 0 Å². The SMILES string of the molecule is CSC(C)CCNCc1cc(C(N)=O)cs1. The lowest BCUT2D eigenvalue weighted by Crippen LogP contribution is -2.17. The van der Waals surface area contributed by atoms with Gasteiger partial charge in [0.2, 0.25) is 5.91 Å². The van der Waals surface area contributed by atoms with Gasteiger partial charge in [0.25, 0.3) is 0 Å². The third-order valence-corrected chi connectivity index (χ3v) is 4.34. The maximum absolute atomic E-state index is 10.9. The molecule has 1 unspecified atom stereocenters. The van der Waals surface area contributed by atoms with Crippen molar-refractivity contribution in [1.29, 1.82) is 0 Å². The molecule has 0 saturated carbocycles. The van der Waals surface area contributed by atoms with E-state index in [1.807, 2.05) is 23.2 Å². The van der Waals surface area contributed by atoms with Gasteiger partial charge in [-0.25, -0.2) is 0 Å². The predicted molar refractivity (Wildman–Crippen MR) is 72.1 cm³/mol. The normalized spacial score (nSPS) is 12.6. The molecule has 90 valence electrons. The van der Waals surface area contributed by atoms with Crippen molar-refractivity contribution >= 4 is 29.0 Å². The van der Waals surface area contributed by atoms with Gasteiger partial charge in [-0.15, -0.1) is 11.3 Å². The molecule has 1 amide bonds. The Bertz CT molecular complexity index is 338. The average Bonchev–Trinajstić information content (AvgIpc) is 2.72. The maximum atomic E-state index is 10.9. The first-order chi connectivity index (χ1) is 7.63. The van der Waals surface area contributed by atoms with Crippen molar-refractivity contribution in [1.82, 2.24) is 5.32 Å². The van der Waals surface area contributed by atoms with E-state index >= 15 is 0 Å². The Morgan fingerprint density at radius 1 is 1.69 bits per heavy atom. The fourth-order valence-electron chi connectivity index (χ4n) is 1.24. The number of rotatable bonds is 7. The Kier molecular flexibility index (Phi) is 5.87. The summed E-state index contributed by atoms with van der Waals surface area (Å²) >= 11 is 3.45. The first-order valence-electron chi connectivity index (χ1n) is 5.24. The summed E-state index contributed by atoms with van der Waals surface area (Å²) in [6.45, 7) is 4.05. The van der Waals surface area contributed by atoms with Gasteiger partial charge in [0, 0.05) is 22.1 Å². The van der Waals surface area contributed by atoms with E-state index < -0.39 is 0 Å². The molecule has 0 spiro atoms. The van der Waals surface area contributed by atoms with Crippen molar-refractivity contribution in [2.24, 2.45) is 5.73 Å². The number of primary amides is 1. The molecule has 5 heteroatoms. The highest BCUT2D eigenvalue weighted by Crippen LogP contribution is 2.14. The summed E-state index contributed by atoms with van der Waals surface area (Å²) < 4.78 is 0. The standard InChI is InChI=1S/C11H18N2OS2/c1-8(15-2)3-4-13-6-10-5-9(7-16-10)11(12)14/h5,7-8,13H,3-4,6H2,1-2H3,(H2,12,14). The van der Waals surface area contributed by atoms with Crippen LogP contribution in [0.25, 0.3) is 0 Å². The van der Waals surface area contributed by atoms with Gasteiger partial charge in [-0.2, -0.15) is 11.8 Å². The zero-order valence-corrected chi connectivity index (χ0v) is 11.3. The van der Waals surface area contributed by atoms with E-state index in [-0.39, 0.29) is 5.91 Å². The minimum atomic E-state index is -0.349. The number of amides is 1. The average molecular weight is 258 g/mol. The molecule has 16 heavy (non-hydrogen) atoms. The van der Waals surface area contributed by atoms with Gasteiger partial charge >= 0.3 is 0 Å². The molecule has 1 atom stereocenters. The molecule has 1 aromatic rings. The van der Waals surface area contributed by atoms with Gasteiger partial charge < -0.3 is 11.1 Å². The molecule has 3 nitrogen and oxygen atoms in total. The molecule has 0 aliphatic rings. The van der Waals surface area contributed by atoms with Crippen molar-refractivity contribution in [3.05, 3.63) is 21.9 Å². The van der Waals surface area contributed by atoms with Crippen molar-refractivity contribution in [3.8, 4) is 0 Å². The van der Waals surface area contributed by atoms with Crippen LogP contribution in [0.4, 0.5) is 0 Å². The van der Waals surface area contributed by atoms with Gasteiger partial charge in [0.15, 0.2) is 0 Å². The topological polar surface area (TPSA) is 55.1 Å². The van der Waals surface area contributed by atoms with E-state index in [2.05, 4.69) is 18.5 Å². The Hall–Kier alpha value is -0.520. The quantitative estimate of drug-likeness (QED) is 0.736. The molecule has 0 bridgehead atoms. The summed E-state index contributed by atoms with van der Waals surface area (Å²) in [7, 11) is 0. The Morgan fingerprint density at radius 2 is 2.44 bits per heavy atom. The number of carbonyl (C=O) groups excluding carboxylic acids is 1. The molecule has 1 rings (SSSR count). The fraction of sp³-hybridized carbons (Fsp3) is 0.545. The van der Waals surface area contributed by atoms with E-state index in [4.69, 9.17) is 5.73 Å². The number of hydrogen-bond acceptors (Lipinski definition) is 4. The third-order valence-electron chi connectivity index (χ3n) is 2.37. The second-order valence-corrected chi connectivity index (χ2v) is 5.95. The second kappa shape index (κ2) is 6.93. The van der Waals surface area contributed by atoms with E-state index in [0.29, 0.717) is 10.8 Å². The van der Waals surface area contributed by atoms with Crippen LogP contribution in [0.2, 0.25) is 0 Å². The number of thiophene rings is 1. The van der Waals surface area contributed by atoms with Gasteiger partial charge in [0.1, 0.15) is 0 Å². The number of nitrogens with two attached hydrogens (primary N) is 1. The zero-order chi connectivity index (χ0) is 12.0. The van der Waals surface area contributed by atoms with Crippen LogP contribution in [-0.4, -0.2) is 24.0 Å². The summed E-state index contributed by atoms with van der Waals surface area (Å²) in [5.74, 6) is -0.349. The van der Waals surface area contributed by atoms with Gasteiger partial charge in [-0.05, 0) is 25.3 Å². The van der Waals surface area contributed by atoms with E-state index in [0.717, 1.165) is 24.4 Å². The maximum Gasteiger partial charge on any atom is 0.249 e. The number of carbonyl (C=O) groups is 1. The van der Waals surface area contributed by atoms with Crippen molar-refractivity contribution < 1.29 is 4.79 Å². The molecule has 0 aliphatic carbocycles. The molecule has 1 aromatic heterocycles. The molecule has 0 aliphatic heterocycles. The molecule has 0 aromatic carbocycles. The first kappa shape index (κ1) is 13.5. The second-order valence-electron chi connectivity index (χ2n) is 3.68. The Labute approximate surface area is 105 Å². The third kappa shape index (κ3) is 4.55. The lowest BCUT2D eigenvalue weighted by molar-refractivity contribution is 0.100. The van der Waals surface area contributed by atoms with Crippen molar-refractivity contribution in [2.75, 3.05) is 12.8 Å². The molecule has 1 heterocycles. The predicted octanol–water partition coefficient (Wildman–Crippen LogP) is 2.08. The van der Waals surface area contributed by atoms with Crippen LogP contribution < -0.4 is 11.1 Å². The largest absolute Gasteiger partial charge is 0.366 e. The molecular weight excluding hydrogens is 240 g/mol. The van der Waals surface area contributed by atoms with Gasteiger partial charge in [-0.1, -0.05) is 6.92 Å². The van der Waals surface area contributed by atoms with Crippen molar-refractivity contribution in [2.45, 2.75) is 25.1 Å². The van der Waals surface area contributed by atoms with E-state index in [1.165, 1.54) is 0 Å². The van der Waals surface area contributed by atoms with Crippen LogP contribution in [0.5, 0.6) is 0 Å². The molecule has 0 radical (unpaired) electrons. The minimum Gasteiger partial charge on any atom is -0.366 e. The lowest BCUT2D eigenvalue weighted by atomic mass is 10.3. The number of thioether (sulfide) groups is 1. The highest BCUT2D eigenvalue weighted by Gasteiger charge is 2.04. The van der Waals surface area contributed by atoms with Crippen LogP contribution >= 0.6 is 23.1 Å².